The summed E-state index contributed by atoms with van der Waals surface area (Å²) in [4.78, 5) is 0. The first-order chi connectivity index (χ1) is 7.84. The van der Waals surface area contributed by atoms with Crippen LogP contribution in [0.2, 0.25) is 0 Å². The van der Waals surface area contributed by atoms with Crippen LogP contribution in [0.25, 0.3) is 5.57 Å². The SMILES string of the molecule is Brc1ccc(C2=CCc3ccccc32)cc1. The molecule has 1 aliphatic carbocycles. The van der Waals surface area contributed by atoms with E-state index in [1.807, 2.05) is 0 Å². The summed E-state index contributed by atoms with van der Waals surface area (Å²) in [6.45, 7) is 0. The van der Waals surface area contributed by atoms with E-state index in [1.165, 1.54) is 22.3 Å². The molecule has 0 heterocycles. The van der Waals surface area contributed by atoms with Crippen LogP contribution in [0.3, 0.4) is 0 Å². The number of hydrogen-bond acceptors (Lipinski definition) is 0. The molecule has 78 valence electrons. The molecule has 0 radical (unpaired) electrons. The van der Waals surface area contributed by atoms with E-state index in [0.717, 1.165) is 10.9 Å². The van der Waals surface area contributed by atoms with Crippen molar-refractivity contribution in [3.63, 3.8) is 0 Å². The highest BCUT2D eigenvalue weighted by Crippen LogP contribution is 2.32. The molecule has 1 heteroatoms. The van der Waals surface area contributed by atoms with Crippen LogP contribution in [0.4, 0.5) is 0 Å². The highest BCUT2D eigenvalue weighted by Gasteiger charge is 2.14. The van der Waals surface area contributed by atoms with Crippen LogP contribution in [0.5, 0.6) is 0 Å². The van der Waals surface area contributed by atoms with Gasteiger partial charge in [0, 0.05) is 4.47 Å². The Labute approximate surface area is 104 Å². The van der Waals surface area contributed by atoms with Gasteiger partial charge in [-0.05, 0) is 40.8 Å². The molecule has 0 atom stereocenters. The summed E-state index contributed by atoms with van der Waals surface area (Å²) in [5, 5.41) is 0. The zero-order valence-electron chi connectivity index (χ0n) is 8.78. The summed E-state index contributed by atoms with van der Waals surface area (Å²) in [6.07, 6.45) is 3.37. The summed E-state index contributed by atoms with van der Waals surface area (Å²) in [6, 6.07) is 17.1. The lowest BCUT2D eigenvalue weighted by Gasteiger charge is -2.05. The van der Waals surface area contributed by atoms with Crippen LogP contribution in [-0.2, 0) is 6.42 Å². The van der Waals surface area contributed by atoms with E-state index in [1.54, 1.807) is 0 Å². The molecule has 0 amide bonds. The average molecular weight is 271 g/mol. The highest BCUT2D eigenvalue weighted by molar-refractivity contribution is 9.10. The first kappa shape index (κ1) is 9.86. The molecular formula is C15H11Br. The minimum absolute atomic E-state index is 1.06. The van der Waals surface area contributed by atoms with E-state index in [2.05, 4.69) is 70.5 Å². The Balaban J connectivity index is 2.07. The molecule has 1 aliphatic rings. The van der Waals surface area contributed by atoms with Gasteiger partial charge in [-0.3, -0.25) is 0 Å². The first-order valence-corrected chi connectivity index (χ1v) is 6.18. The molecule has 0 spiro atoms. The van der Waals surface area contributed by atoms with Crippen molar-refractivity contribution in [2.24, 2.45) is 0 Å². The molecule has 2 aromatic carbocycles. The summed E-state index contributed by atoms with van der Waals surface area (Å²) in [7, 11) is 0. The molecule has 3 rings (SSSR count). The monoisotopic (exact) mass is 270 g/mol. The molecule has 0 bridgehead atoms. The summed E-state index contributed by atoms with van der Waals surface area (Å²) >= 11 is 3.47. The Morgan fingerprint density at radius 2 is 1.62 bits per heavy atom. The van der Waals surface area contributed by atoms with Crippen LogP contribution >= 0.6 is 15.9 Å². The van der Waals surface area contributed by atoms with Gasteiger partial charge < -0.3 is 0 Å². The Bertz CT molecular complexity index is 550. The van der Waals surface area contributed by atoms with Crippen molar-refractivity contribution in [3.8, 4) is 0 Å². The zero-order valence-corrected chi connectivity index (χ0v) is 10.4. The molecular weight excluding hydrogens is 260 g/mol. The van der Waals surface area contributed by atoms with Crippen molar-refractivity contribution in [1.29, 1.82) is 0 Å². The second kappa shape index (κ2) is 3.91. The molecule has 0 unspecified atom stereocenters. The number of rotatable bonds is 1. The average Bonchev–Trinajstić information content (AvgIpc) is 2.74. The van der Waals surface area contributed by atoms with E-state index < -0.39 is 0 Å². The van der Waals surface area contributed by atoms with Crippen LogP contribution in [-0.4, -0.2) is 0 Å². The van der Waals surface area contributed by atoms with Crippen molar-refractivity contribution in [1.82, 2.24) is 0 Å². The predicted octanol–water partition coefficient (Wildman–Crippen LogP) is 4.44. The van der Waals surface area contributed by atoms with E-state index in [-0.39, 0.29) is 0 Å². The fourth-order valence-electron chi connectivity index (χ4n) is 2.19. The first-order valence-electron chi connectivity index (χ1n) is 5.39. The van der Waals surface area contributed by atoms with Gasteiger partial charge >= 0.3 is 0 Å². The maximum Gasteiger partial charge on any atom is 0.0175 e. The molecule has 16 heavy (non-hydrogen) atoms. The molecule has 0 nitrogen and oxygen atoms in total. The van der Waals surface area contributed by atoms with Gasteiger partial charge in [-0.1, -0.05) is 58.4 Å². The summed E-state index contributed by atoms with van der Waals surface area (Å²) in [5.74, 6) is 0. The molecule has 0 saturated carbocycles. The lowest BCUT2D eigenvalue weighted by atomic mass is 9.99. The second-order valence-electron chi connectivity index (χ2n) is 3.99. The van der Waals surface area contributed by atoms with Gasteiger partial charge in [-0.2, -0.15) is 0 Å². The minimum Gasteiger partial charge on any atom is -0.0716 e. The zero-order chi connectivity index (χ0) is 11.0. The molecule has 0 fully saturated rings. The van der Waals surface area contributed by atoms with Gasteiger partial charge in [-0.15, -0.1) is 0 Å². The number of halogens is 1. The number of hydrogen-bond donors (Lipinski definition) is 0. The van der Waals surface area contributed by atoms with Crippen LogP contribution in [0, 0.1) is 0 Å². The molecule has 0 aromatic heterocycles. The largest absolute Gasteiger partial charge is 0.0716 e. The molecule has 0 aliphatic heterocycles. The Kier molecular flexibility index (Phi) is 2.41. The topological polar surface area (TPSA) is 0 Å². The highest BCUT2D eigenvalue weighted by atomic mass is 79.9. The third-order valence-corrected chi connectivity index (χ3v) is 3.52. The molecule has 0 N–H and O–H groups in total. The van der Waals surface area contributed by atoms with E-state index in [4.69, 9.17) is 0 Å². The maximum absolute atomic E-state index is 3.47. The van der Waals surface area contributed by atoms with Gasteiger partial charge in [0.15, 0.2) is 0 Å². The van der Waals surface area contributed by atoms with Crippen LogP contribution in [0.15, 0.2) is 59.1 Å². The quantitative estimate of drug-likeness (QED) is 0.719. The van der Waals surface area contributed by atoms with Crippen LogP contribution in [0.1, 0.15) is 16.7 Å². The van der Waals surface area contributed by atoms with Crippen molar-refractivity contribution in [2.75, 3.05) is 0 Å². The normalized spacial score (nSPS) is 13.4. The minimum atomic E-state index is 1.06. The van der Waals surface area contributed by atoms with E-state index in [9.17, 15) is 0 Å². The third-order valence-electron chi connectivity index (χ3n) is 2.99. The second-order valence-corrected chi connectivity index (χ2v) is 4.90. The van der Waals surface area contributed by atoms with Crippen molar-refractivity contribution in [3.05, 3.63) is 75.8 Å². The number of allylic oxidation sites excluding steroid dienone is 1. The fraction of sp³-hybridized carbons (Fsp3) is 0.0667. The Morgan fingerprint density at radius 1 is 0.875 bits per heavy atom. The van der Waals surface area contributed by atoms with Gasteiger partial charge in [-0.25, -0.2) is 0 Å². The van der Waals surface area contributed by atoms with Crippen LogP contribution < -0.4 is 0 Å². The van der Waals surface area contributed by atoms with Crippen molar-refractivity contribution >= 4 is 21.5 Å². The Hall–Kier alpha value is -1.34. The van der Waals surface area contributed by atoms with E-state index >= 15 is 0 Å². The summed E-state index contributed by atoms with van der Waals surface area (Å²) < 4.78 is 1.13. The van der Waals surface area contributed by atoms with Crippen molar-refractivity contribution in [2.45, 2.75) is 6.42 Å². The number of benzene rings is 2. The molecule has 2 aromatic rings. The third kappa shape index (κ3) is 1.61. The smallest absolute Gasteiger partial charge is 0.0175 e. The Morgan fingerprint density at radius 3 is 2.44 bits per heavy atom. The predicted molar refractivity (Wildman–Crippen MR) is 71.4 cm³/mol. The van der Waals surface area contributed by atoms with Crippen molar-refractivity contribution < 1.29 is 0 Å². The summed E-state index contributed by atoms with van der Waals surface area (Å²) in [5.41, 5.74) is 5.47. The van der Waals surface area contributed by atoms with Gasteiger partial charge in [0.25, 0.3) is 0 Å². The van der Waals surface area contributed by atoms with Gasteiger partial charge in [0.05, 0.1) is 0 Å². The standard InChI is InChI=1S/C15H11Br/c16-13-8-5-12(6-9-13)15-10-7-11-3-1-2-4-14(11)15/h1-6,8-10H,7H2. The lowest BCUT2D eigenvalue weighted by molar-refractivity contribution is 1.31. The fourth-order valence-corrected chi connectivity index (χ4v) is 2.45. The lowest BCUT2D eigenvalue weighted by Crippen LogP contribution is -1.85. The van der Waals surface area contributed by atoms with Gasteiger partial charge in [0.1, 0.15) is 0 Å². The van der Waals surface area contributed by atoms with E-state index in [0.29, 0.717) is 0 Å². The van der Waals surface area contributed by atoms with Gasteiger partial charge in [0.2, 0.25) is 0 Å². The maximum atomic E-state index is 3.47. The molecule has 0 saturated heterocycles. The number of fused-ring (bicyclic) bond motifs is 1.